The Morgan fingerprint density at radius 3 is 2.62 bits per heavy atom. The Balaban J connectivity index is 1.65. The Morgan fingerprint density at radius 1 is 1.25 bits per heavy atom. The van der Waals surface area contributed by atoms with E-state index < -0.39 is 12.3 Å². The molecule has 0 unspecified atom stereocenters. The van der Waals surface area contributed by atoms with Crippen molar-refractivity contribution in [2.75, 3.05) is 0 Å². The molecule has 0 aliphatic heterocycles. The summed E-state index contributed by atoms with van der Waals surface area (Å²) in [5, 5.41) is 6.87. The molecule has 1 aromatic carbocycles. The fourth-order valence-corrected chi connectivity index (χ4v) is 2.33. The number of fused-ring (bicyclic) bond motifs is 1. The topological polar surface area (TPSA) is 60.6 Å². The number of alkyl halides is 3. The first-order valence-electron chi connectivity index (χ1n) is 6.95. The van der Waals surface area contributed by atoms with E-state index in [-0.39, 0.29) is 17.9 Å². The molecule has 24 heavy (non-hydrogen) atoms. The van der Waals surface area contributed by atoms with Gasteiger partial charge < -0.3 is 14.6 Å². The van der Waals surface area contributed by atoms with Gasteiger partial charge >= 0.3 is 6.36 Å². The fourth-order valence-electron chi connectivity index (χ4n) is 2.33. The molecule has 3 rings (SSSR count). The SMILES string of the molecule is Cn1ccn2ncc(CNC(=O)c3ccc(OC(F)(F)F)cc3)c12. The second kappa shape index (κ2) is 5.91. The predicted molar refractivity (Wildman–Crippen MR) is 78.5 cm³/mol. The molecular weight excluding hydrogens is 325 g/mol. The predicted octanol–water partition coefficient (Wildman–Crippen LogP) is 2.50. The molecule has 0 radical (unpaired) electrons. The highest BCUT2D eigenvalue weighted by Gasteiger charge is 2.31. The van der Waals surface area contributed by atoms with E-state index in [1.54, 1.807) is 16.9 Å². The van der Waals surface area contributed by atoms with Gasteiger partial charge in [0.15, 0.2) is 0 Å². The maximum Gasteiger partial charge on any atom is 0.573 e. The van der Waals surface area contributed by atoms with Crippen LogP contribution in [0.5, 0.6) is 5.75 Å². The smallest absolute Gasteiger partial charge is 0.406 e. The fraction of sp³-hybridized carbons (Fsp3) is 0.200. The van der Waals surface area contributed by atoms with E-state index in [1.807, 2.05) is 17.8 Å². The van der Waals surface area contributed by atoms with Crippen molar-refractivity contribution in [3.05, 3.63) is 54.0 Å². The van der Waals surface area contributed by atoms with Crippen molar-refractivity contribution in [1.29, 1.82) is 0 Å². The highest BCUT2D eigenvalue weighted by atomic mass is 19.4. The Kier molecular flexibility index (Phi) is 3.92. The molecule has 2 aromatic heterocycles. The van der Waals surface area contributed by atoms with E-state index in [1.165, 1.54) is 12.1 Å². The van der Waals surface area contributed by atoms with Crippen LogP contribution in [0.15, 0.2) is 42.9 Å². The monoisotopic (exact) mass is 338 g/mol. The number of rotatable bonds is 4. The van der Waals surface area contributed by atoms with Gasteiger partial charge in [-0.05, 0) is 24.3 Å². The third kappa shape index (κ3) is 3.34. The van der Waals surface area contributed by atoms with E-state index in [4.69, 9.17) is 0 Å². The number of carbonyl (C=O) groups excluding carboxylic acids is 1. The summed E-state index contributed by atoms with van der Waals surface area (Å²) >= 11 is 0. The number of amides is 1. The van der Waals surface area contributed by atoms with Gasteiger partial charge in [0.2, 0.25) is 0 Å². The van der Waals surface area contributed by atoms with Gasteiger partial charge in [0.1, 0.15) is 11.4 Å². The first kappa shape index (κ1) is 15.9. The summed E-state index contributed by atoms with van der Waals surface area (Å²) in [4.78, 5) is 12.1. The molecule has 126 valence electrons. The summed E-state index contributed by atoms with van der Waals surface area (Å²) < 4.78 is 43.6. The Labute approximate surface area is 134 Å². The summed E-state index contributed by atoms with van der Waals surface area (Å²) in [6, 6.07) is 4.73. The van der Waals surface area contributed by atoms with Crippen LogP contribution in [-0.2, 0) is 13.6 Å². The molecule has 0 atom stereocenters. The van der Waals surface area contributed by atoms with E-state index in [9.17, 15) is 18.0 Å². The molecule has 0 spiro atoms. The summed E-state index contributed by atoms with van der Waals surface area (Å²) in [6.07, 6.45) is 0.523. The molecule has 0 saturated carbocycles. The zero-order chi connectivity index (χ0) is 17.3. The lowest BCUT2D eigenvalue weighted by Gasteiger charge is -2.09. The first-order valence-corrected chi connectivity index (χ1v) is 6.95. The minimum atomic E-state index is -4.76. The molecule has 3 aromatic rings. The lowest BCUT2D eigenvalue weighted by Crippen LogP contribution is -2.23. The minimum absolute atomic E-state index is 0.236. The van der Waals surface area contributed by atoms with Crippen LogP contribution in [0.1, 0.15) is 15.9 Å². The molecule has 0 fully saturated rings. The van der Waals surface area contributed by atoms with E-state index in [0.717, 1.165) is 23.3 Å². The molecule has 6 nitrogen and oxygen atoms in total. The van der Waals surface area contributed by atoms with Crippen LogP contribution in [0, 0.1) is 0 Å². The van der Waals surface area contributed by atoms with Gasteiger partial charge in [0, 0.05) is 37.1 Å². The van der Waals surface area contributed by atoms with Gasteiger partial charge in [0.05, 0.1) is 6.20 Å². The van der Waals surface area contributed by atoms with Crippen LogP contribution in [0.3, 0.4) is 0 Å². The lowest BCUT2D eigenvalue weighted by atomic mass is 10.2. The Hall–Kier alpha value is -2.97. The molecular formula is C15H13F3N4O2. The van der Waals surface area contributed by atoms with Crippen molar-refractivity contribution in [2.45, 2.75) is 12.9 Å². The third-order valence-corrected chi connectivity index (χ3v) is 3.40. The Morgan fingerprint density at radius 2 is 1.96 bits per heavy atom. The highest BCUT2D eigenvalue weighted by molar-refractivity contribution is 5.94. The zero-order valence-electron chi connectivity index (χ0n) is 12.5. The normalized spacial score (nSPS) is 11.7. The van der Waals surface area contributed by atoms with Crippen molar-refractivity contribution < 1.29 is 22.7 Å². The summed E-state index contributed by atoms with van der Waals surface area (Å²) in [5.41, 5.74) is 1.91. The standard InChI is InChI=1S/C15H13F3N4O2/c1-21-6-7-22-14(21)11(9-20-22)8-19-13(23)10-2-4-12(5-3-10)24-15(16,17)18/h2-7,9H,8H2,1H3,(H,19,23). The number of ether oxygens (including phenoxy) is 1. The first-order chi connectivity index (χ1) is 11.3. The second-order valence-corrected chi connectivity index (χ2v) is 5.10. The lowest BCUT2D eigenvalue weighted by molar-refractivity contribution is -0.274. The van der Waals surface area contributed by atoms with Crippen molar-refractivity contribution in [1.82, 2.24) is 19.5 Å². The van der Waals surface area contributed by atoms with Gasteiger partial charge in [-0.2, -0.15) is 5.10 Å². The summed E-state index contributed by atoms with van der Waals surface area (Å²) in [7, 11) is 1.86. The van der Waals surface area contributed by atoms with Gasteiger partial charge in [-0.3, -0.25) is 4.79 Å². The molecule has 0 aliphatic rings. The van der Waals surface area contributed by atoms with Gasteiger partial charge in [-0.1, -0.05) is 0 Å². The summed E-state index contributed by atoms with van der Waals surface area (Å²) in [6.45, 7) is 0.251. The van der Waals surface area contributed by atoms with Gasteiger partial charge in [-0.25, -0.2) is 4.52 Å². The van der Waals surface area contributed by atoms with Crippen molar-refractivity contribution >= 4 is 11.6 Å². The number of halogens is 3. The van der Waals surface area contributed by atoms with E-state index in [0.29, 0.717) is 0 Å². The number of hydrogen-bond acceptors (Lipinski definition) is 3. The molecule has 9 heteroatoms. The molecule has 0 aliphatic carbocycles. The average Bonchev–Trinajstić information content (AvgIpc) is 3.07. The van der Waals surface area contributed by atoms with Gasteiger partial charge in [0.25, 0.3) is 5.91 Å². The van der Waals surface area contributed by atoms with Crippen LogP contribution in [-0.4, -0.2) is 26.5 Å². The number of imidazole rings is 1. The van der Waals surface area contributed by atoms with Crippen LogP contribution < -0.4 is 10.1 Å². The van der Waals surface area contributed by atoms with Gasteiger partial charge in [-0.15, -0.1) is 13.2 Å². The van der Waals surface area contributed by atoms with E-state index >= 15 is 0 Å². The number of nitrogens with zero attached hydrogens (tertiary/aromatic N) is 3. The van der Waals surface area contributed by atoms with Crippen molar-refractivity contribution in [3.63, 3.8) is 0 Å². The number of aromatic nitrogens is 3. The molecule has 1 N–H and O–H groups in total. The maximum atomic E-state index is 12.1. The van der Waals surface area contributed by atoms with Crippen LogP contribution in [0.25, 0.3) is 5.65 Å². The number of hydrogen-bond donors (Lipinski definition) is 1. The maximum absolute atomic E-state index is 12.1. The number of carbonyl (C=O) groups is 1. The quantitative estimate of drug-likeness (QED) is 0.795. The van der Waals surface area contributed by atoms with Crippen molar-refractivity contribution in [2.24, 2.45) is 7.05 Å². The zero-order valence-corrected chi connectivity index (χ0v) is 12.5. The molecule has 0 saturated heterocycles. The van der Waals surface area contributed by atoms with Crippen molar-refractivity contribution in [3.8, 4) is 5.75 Å². The van der Waals surface area contributed by atoms with Crippen LogP contribution in [0.4, 0.5) is 13.2 Å². The third-order valence-electron chi connectivity index (χ3n) is 3.40. The Bertz CT molecular complexity index is 865. The van der Waals surface area contributed by atoms with E-state index in [2.05, 4.69) is 15.2 Å². The number of nitrogens with one attached hydrogen (secondary N) is 1. The number of benzene rings is 1. The minimum Gasteiger partial charge on any atom is -0.406 e. The second-order valence-electron chi connectivity index (χ2n) is 5.10. The molecule has 1 amide bonds. The van der Waals surface area contributed by atoms with Crippen LogP contribution >= 0.6 is 0 Å². The molecule has 2 heterocycles. The largest absolute Gasteiger partial charge is 0.573 e. The highest BCUT2D eigenvalue weighted by Crippen LogP contribution is 2.22. The van der Waals surface area contributed by atoms with Crippen LogP contribution in [0.2, 0.25) is 0 Å². The average molecular weight is 338 g/mol. The summed E-state index contributed by atoms with van der Waals surface area (Å²) in [5.74, 6) is -0.775. The number of aryl methyl sites for hydroxylation is 1. The molecule has 0 bridgehead atoms.